The van der Waals surface area contributed by atoms with E-state index in [9.17, 15) is 4.79 Å². The van der Waals surface area contributed by atoms with Crippen LogP contribution < -0.4 is 5.90 Å². The quantitative estimate of drug-likeness (QED) is 0.490. The van der Waals surface area contributed by atoms with Crippen molar-refractivity contribution in [3.63, 3.8) is 0 Å². The Morgan fingerprint density at radius 3 is 2.58 bits per heavy atom. The Hall–Kier alpha value is -1.55. The Morgan fingerprint density at radius 2 is 2.00 bits per heavy atom. The van der Waals surface area contributed by atoms with Gasteiger partial charge in [-0.15, -0.1) is 0 Å². The average Bonchev–Trinajstić information content (AvgIpc) is 2.16. The van der Waals surface area contributed by atoms with Gasteiger partial charge in [-0.1, -0.05) is 30.3 Å². The van der Waals surface area contributed by atoms with E-state index in [4.69, 9.17) is 5.90 Å². The molecule has 0 heterocycles. The molecule has 1 aromatic carbocycles. The molecule has 0 amide bonds. The van der Waals surface area contributed by atoms with Gasteiger partial charge in [-0.25, -0.2) is 4.79 Å². The second-order valence-corrected chi connectivity index (χ2v) is 2.12. The fourth-order valence-electron chi connectivity index (χ4n) is 0.743. The monoisotopic (exact) mass is 165 g/mol. The van der Waals surface area contributed by atoms with Gasteiger partial charge in [0.05, 0.1) is 0 Å². The minimum Gasteiger partial charge on any atom is -0.428 e. The van der Waals surface area contributed by atoms with Crippen molar-refractivity contribution in [2.24, 2.45) is 0 Å². The number of hydrogen-bond donors (Lipinski definition) is 0. The third-order valence-corrected chi connectivity index (χ3v) is 1.27. The van der Waals surface area contributed by atoms with E-state index in [1.165, 1.54) is 0 Å². The van der Waals surface area contributed by atoms with E-state index in [-0.39, 0.29) is 6.61 Å². The second-order valence-electron chi connectivity index (χ2n) is 2.12. The number of rotatable bonds is 2. The van der Waals surface area contributed by atoms with Crippen molar-refractivity contribution in [3.05, 3.63) is 35.9 Å². The summed E-state index contributed by atoms with van der Waals surface area (Å²) in [5, 5.41) is 0. The van der Waals surface area contributed by atoms with Gasteiger partial charge in [-0.2, -0.15) is 0 Å². The van der Waals surface area contributed by atoms with Crippen LogP contribution in [0.2, 0.25) is 0 Å². The number of carbonyl (C=O) groups excluding carboxylic acids is 1. The molecule has 4 nitrogen and oxygen atoms in total. The molecule has 0 atom stereocenters. The Balaban J connectivity index is 2.38. The zero-order valence-electron chi connectivity index (χ0n) is 6.27. The van der Waals surface area contributed by atoms with Crippen LogP contribution in [0.1, 0.15) is 5.56 Å². The maximum atomic E-state index is 10.3. The molecule has 1 rings (SSSR count). The Morgan fingerprint density at radius 1 is 1.33 bits per heavy atom. The van der Waals surface area contributed by atoms with Gasteiger partial charge >= 0.3 is 6.16 Å². The van der Waals surface area contributed by atoms with E-state index in [0.29, 0.717) is 0 Å². The van der Waals surface area contributed by atoms with E-state index in [1.54, 1.807) is 12.1 Å². The smallest absolute Gasteiger partial charge is 0.428 e. The van der Waals surface area contributed by atoms with Crippen molar-refractivity contribution in [3.8, 4) is 0 Å². The Kier molecular flexibility index (Phi) is 3.10. The van der Waals surface area contributed by atoms with Gasteiger partial charge in [0, 0.05) is 0 Å². The molecule has 4 heteroatoms. The third kappa shape index (κ3) is 2.59. The van der Waals surface area contributed by atoms with E-state index in [1.807, 2.05) is 18.2 Å². The predicted octanol–water partition coefficient (Wildman–Crippen LogP) is 1.32. The van der Waals surface area contributed by atoms with Gasteiger partial charge in [-0.05, 0) is 5.56 Å². The van der Waals surface area contributed by atoms with Crippen molar-refractivity contribution in [1.29, 1.82) is 0 Å². The van der Waals surface area contributed by atoms with Crippen LogP contribution in [0.4, 0.5) is 4.79 Å². The predicted molar refractivity (Wildman–Crippen MR) is 39.8 cm³/mol. The zero-order chi connectivity index (χ0) is 8.81. The first-order valence-corrected chi connectivity index (χ1v) is 3.35. The maximum Gasteiger partial charge on any atom is 0.530 e. The van der Waals surface area contributed by atoms with Crippen LogP contribution in [0.3, 0.4) is 0 Å². The van der Waals surface area contributed by atoms with Crippen LogP contribution >= 0.6 is 0 Å². The molecule has 0 N–H and O–H groups in total. The van der Waals surface area contributed by atoms with Gasteiger partial charge < -0.3 is 4.74 Å². The molecule has 0 aromatic heterocycles. The Bertz CT molecular complexity index is 248. The summed E-state index contributed by atoms with van der Waals surface area (Å²) in [5.74, 6) is 7.84. The van der Waals surface area contributed by atoms with Crippen LogP contribution in [0.25, 0.3) is 0 Å². The van der Waals surface area contributed by atoms with Gasteiger partial charge in [-0.3, -0.25) is 4.84 Å². The normalized spacial score (nSPS) is 9.08. The first kappa shape index (κ1) is 8.55. The molecule has 0 saturated carbocycles. The summed E-state index contributed by atoms with van der Waals surface area (Å²) in [6.45, 7) is 0.0975. The van der Waals surface area contributed by atoms with Crippen molar-refractivity contribution in [1.82, 2.24) is 5.90 Å². The molecule has 0 aliphatic carbocycles. The summed E-state index contributed by atoms with van der Waals surface area (Å²) in [6, 6.07) is 9.09. The summed E-state index contributed by atoms with van der Waals surface area (Å²) >= 11 is 0. The summed E-state index contributed by atoms with van der Waals surface area (Å²) in [4.78, 5) is 13.6. The van der Waals surface area contributed by atoms with Crippen LogP contribution in [-0.4, -0.2) is 6.16 Å². The lowest BCUT2D eigenvalue weighted by Gasteiger charge is -1.99. The molecule has 62 valence electrons. The molecule has 0 saturated heterocycles. The Labute approximate surface area is 69.8 Å². The molecule has 0 bridgehead atoms. The first-order valence-electron chi connectivity index (χ1n) is 3.35. The number of nitrogens with zero attached hydrogens (tertiary/aromatic N) is 1. The number of ether oxygens (including phenoxy) is 1. The lowest BCUT2D eigenvalue weighted by Crippen LogP contribution is -2.05. The molecule has 1 aromatic rings. The topological polar surface area (TPSA) is 57.8 Å². The second kappa shape index (κ2) is 4.35. The fraction of sp³-hybridized carbons (Fsp3) is 0.125. The average molecular weight is 165 g/mol. The highest BCUT2D eigenvalue weighted by Gasteiger charge is 2.01. The van der Waals surface area contributed by atoms with E-state index >= 15 is 0 Å². The van der Waals surface area contributed by atoms with Crippen molar-refractivity contribution >= 4 is 6.16 Å². The molecule has 0 aliphatic heterocycles. The van der Waals surface area contributed by atoms with Crippen LogP contribution in [0.5, 0.6) is 0 Å². The van der Waals surface area contributed by atoms with E-state index < -0.39 is 6.16 Å². The SMILES string of the molecule is [N]OC(=O)OCc1ccccc1. The van der Waals surface area contributed by atoms with Crippen LogP contribution in [-0.2, 0) is 16.2 Å². The lowest BCUT2D eigenvalue weighted by atomic mass is 10.2. The van der Waals surface area contributed by atoms with Crippen molar-refractivity contribution in [2.45, 2.75) is 6.61 Å². The molecule has 0 fully saturated rings. The summed E-state index contributed by atoms with van der Waals surface area (Å²) in [5.41, 5.74) is 0.836. The molecule has 0 aliphatic rings. The van der Waals surface area contributed by atoms with Gasteiger partial charge in [0.25, 0.3) is 0 Å². The molecular weight excluding hydrogens is 158 g/mol. The number of hydrogen-bond acceptors (Lipinski definition) is 3. The lowest BCUT2D eigenvalue weighted by molar-refractivity contribution is 0.0432. The van der Waals surface area contributed by atoms with Crippen molar-refractivity contribution in [2.75, 3.05) is 0 Å². The molecule has 12 heavy (non-hydrogen) atoms. The third-order valence-electron chi connectivity index (χ3n) is 1.27. The molecular formula is C8H7NO3. The largest absolute Gasteiger partial charge is 0.530 e. The summed E-state index contributed by atoms with van der Waals surface area (Å²) < 4.78 is 4.47. The van der Waals surface area contributed by atoms with E-state index in [2.05, 4.69) is 9.57 Å². The van der Waals surface area contributed by atoms with Crippen molar-refractivity contribution < 1.29 is 14.4 Å². The highest BCUT2D eigenvalue weighted by atomic mass is 16.8. The summed E-state index contributed by atoms with van der Waals surface area (Å²) in [7, 11) is 0. The first-order chi connectivity index (χ1) is 5.83. The number of carbonyl (C=O) groups is 1. The van der Waals surface area contributed by atoms with Crippen LogP contribution in [0.15, 0.2) is 30.3 Å². The standard InChI is InChI=1S/C8H7NO3/c9-12-8(10)11-6-7-4-2-1-3-5-7/h1-5H,6H2. The van der Waals surface area contributed by atoms with Crippen LogP contribution in [0, 0.1) is 0 Å². The molecule has 0 unspecified atom stereocenters. The van der Waals surface area contributed by atoms with Gasteiger partial charge in [0.2, 0.25) is 0 Å². The van der Waals surface area contributed by atoms with Gasteiger partial charge in [0.1, 0.15) is 12.5 Å². The molecule has 2 radical (unpaired) electrons. The van der Waals surface area contributed by atoms with Gasteiger partial charge in [0.15, 0.2) is 0 Å². The highest BCUT2D eigenvalue weighted by molar-refractivity contribution is 5.59. The minimum atomic E-state index is -1.10. The zero-order valence-corrected chi connectivity index (χ0v) is 6.27. The fourth-order valence-corrected chi connectivity index (χ4v) is 0.743. The molecule has 0 spiro atoms. The number of benzene rings is 1. The van der Waals surface area contributed by atoms with E-state index in [0.717, 1.165) is 5.56 Å². The minimum absolute atomic E-state index is 0.0975. The maximum absolute atomic E-state index is 10.3. The summed E-state index contributed by atoms with van der Waals surface area (Å²) in [6.07, 6.45) is -1.10. The highest BCUT2D eigenvalue weighted by Crippen LogP contribution is 2.00.